The summed E-state index contributed by atoms with van der Waals surface area (Å²) in [6.07, 6.45) is 1.33. The molecule has 1 aliphatic rings. The smallest absolute Gasteiger partial charge is 0.0245 e. The second-order valence-electron chi connectivity index (χ2n) is 5.89. The van der Waals surface area contributed by atoms with Crippen molar-refractivity contribution >= 4 is 27.7 Å². The van der Waals surface area contributed by atoms with Gasteiger partial charge in [-0.1, -0.05) is 41.9 Å². The molecule has 1 unspecified atom stereocenters. The molecule has 1 aromatic rings. The van der Waals surface area contributed by atoms with Gasteiger partial charge in [0, 0.05) is 35.4 Å². The van der Waals surface area contributed by atoms with Gasteiger partial charge in [0.2, 0.25) is 0 Å². The monoisotopic (exact) mass is 356 g/mol. The number of rotatable bonds is 6. The molecular weight excluding hydrogens is 332 g/mol. The van der Waals surface area contributed by atoms with Crippen LogP contribution in [0.15, 0.2) is 22.7 Å². The van der Waals surface area contributed by atoms with Crippen LogP contribution in [0.25, 0.3) is 0 Å². The number of hydrogen-bond donors (Lipinski definition) is 1. The Hall–Kier alpha value is -0.0300. The van der Waals surface area contributed by atoms with Gasteiger partial charge in [0.1, 0.15) is 0 Å². The van der Waals surface area contributed by atoms with Crippen LogP contribution in [-0.2, 0) is 13.1 Å². The lowest BCUT2D eigenvalue weighted by Crippen LogP contribution is -2.31. The second-order valence-corrected chi connectivity index (χ2v) is 7.90. The molecule has 4 heteroatoms. The van der Waals surface area contributed by atoms with E-state index < -0.39 is 0 Å². The molecule has 0 aliphatic carbocycles. The van der Waals surface area contributed by atoms with E-state index in [1.54, 1.807) is 0 Å². The molecule has 2 nitrogen and oxygen atoms in total. The lowest BCUT2D eigenvalue weighted by molar-refractivity contribution is 0.254. The highest BCUT2D eigenvalue weighted by Gasteiger charge is 2.20. The van der Waals surface area contributed by atoms with Crippen molar-refractivity contribution in [1.29, 1.82) is 0 Å². The Morgan fingerprint density at radius 2 is 2.25 bits per heavy atom. The lowest BCUT2D eigenvalue weighted by atomic mass is 10.1. The molecule has 2 rings (SSSR count). The van der Waals surface area contributed by atoms with E-state index >= 15 is 0 Å². The highest BCUT2D eigenvalue weighted by atomic mass is 79.9. The van der Waals surface area contributed by atoms with E-state index in [4.69, 9.17) is 0 Å². The topological polar surface area (TPSA) is 15.3 Å². The van der Waals surface area contributed by atoms with Crippen LogP contribution >= 0.6 is 27.7 Å². The van der Waals surface area contributed by atoms with Crippen LogP contribution in [0.1, 0.15) is 31.4 Å². The molecule has 0 radical (unpaired) electrons. The van der Waals surface area contributed by atoms with Crippen molar-refractivity contribution in [3.63, 3.8) is 0 Å². The van der Waals surface area contributed by atoms with Crippen LogP contribution in [-0.4, -0.2) is 35.5 Å². The molecule has 112 valence electrons. The SMILES string of the molecule is CC(C)NCc1ccc(CN(C)C2CCSC2)c(Br)c1. The maximum atomic E-state index is 3.73. The quantitative estimate of drug-likeness (QED) is 0.832. The van der Waals surface area contributed by atoms with E-state index in [-0.39, 0.29) is 0 Å². The zero-order chi connectivity index (χ0) is 14.5. The molecule has 1 fully saturated rings. The van der Waals surface area contributed by atoms with Crippen molar-refractivity contribution in [2.45, 2.75) is 45.4 Å². The van der Waals surface area contributed by atoms with Gasteiger partial charge in [-0.05, 0) is 36.4 Å². The summed E-state index contributed by atoms with van der Waals surface area (Å²) < 4.78 is 1.23. The Morgan fingerprint density at radius 3 is 2.85 bits per heavy atom. The van der Waals surface area contributed by atoms with Gasteiger partial charge < -0.3 is 5.32 Å². The number of halogens is 1. The summed E-state index contributed by atoms with van der Waals surface area (Å²) in [5, 5.41) is 3.46. The largest absolute Gasteiger partial charge is 0.310 e. The molecule has 0 spiro atoms. The third kappa shape index (κ3) is 4.76. The van der Waals surface area contributed by atoms with E-state index in [2.05, 4.69) is 77.0 Å². The maximum Gasteiger partial charge on any atom is 0.0245 e. The first kappa shape index (κ1) is 16.3. The summed E-state index contributed by atoms with van der Waals surface area (Å²) >= 11 is 5.81. The third-order valence-electron chi connectivity index (χ3n) is 3.78. The first-order valence-corrected chi connectivity index (χ1v) is 9.29. The fourth-order valence-electron chi connectivity index (χ4n) is 2.42. The molecule has 0 amide bonds. The molecule has 1 atom stereocenters. The Labute approximate surface area is 135 Å². The predicted octanol–water partition coefficient (Wildman–Crippen LogP) is 3.88. The molecule has 0 aromatic heterocycles. The first-order valence-electron chi connectivity index (χ1n) is 7.35. The average Bonchev–Trinajstić information content (AvgIpc) is 2.93. The van der Waals surface area contributed by atoms with Crippen LogP contribution in [0.5, 0.6) is 0 Å². The average molecular weight is 357 g/mol. The van der Waals surface area contributed by atoms with Gasteiger partial charge in [0.25, 0.3) is 0 Å². The molecule has 1 N–H and O–H groups in total. The van der Waals surface area contributed by atoms with Gasteiger partial charge >= 0.3 is 0 Å². The van der Waals surface area contributed by atoms with Crippen molar-refractivity contribution in [3.8, 4) is 0 Å². The summed E-state index contributed by atoms with van der Waals surface area (Å²) in [5.74, 6) is 2.60. The van der Waals surface area contributed by atoms with Crippen LogP contribution in [0, 0.1) is 0 Å². The van der Waals surface area contributed by atoms with E-state index in [1.165, 1.54) is 33.5 Å². The Morgan fingerprint density at radius 1 is 1.45 bits per heavy atom. The van der Waals surface area contributed by atoms with Crippen molar-refractivity contribution in [1.82, 2.24) is 10.2 Å². The lowest BCUT2D eigenvalue weighted by Gasteiger charge is -2.24. The number of nitrogens with one attached hydrogen (secondary N) is 1. The number of hydrogen-bond acceptors (Lipinski definition) is 3. The molecule has 0 bridgehead atoms. The highest BCUT2D eigenvalue weighted by Crippen LogP contribution is 2.25. The fraction of sp³-hybridized carbons (Fsp3) is 0.625. The second kappa shape index (κ2) is 7.83. The normalized spacial score (nSPS) is 19.2. The van der Waals surface area contributed by atoms with Crippen molar-refractivity contribution in [2.75, 3.05) is 18.6 Å². The molecule has 0 saturated carbocycles. The third-order valence-corrected chi connectivity index (χ3v) is 5.66. The van der Waals surface area contributed by atoms with Crippen molar-refractivity contribution in [3.05, 3.63) is 33.8 Å². The van der Waals surface area contributed by atoms with Gasteiger partial charge in [-0.25, -0.2) is 0 Å². The van der Waals surface area contributed by atoms with Crippen molar-refractivity contribution in [2.24, 2.45) is 0 Å². The van der Waals surface area contributed by atoms with Crippen LogP contribution < -0.4 is 5.32 Å². The van der Waals surface area contributed by atoms with E-state index in [0.29, 0.717) is 6.04 Å². The summed E-state index contributed by atoms with van der Waals surface area (Å²) in [4.78, 5) is 2.49. The summed E-state index contributed by atoms with van der Waals surface area (Å²) in [6.45, 7) is 6.32. The van der Waals surface area contributed by atoms with E-state index in [9.17, 15) is 0 Å². The standard InChI is InChI=1S/C16H25BrN2S/c1-12(2)18-9-13-4-5-14(16(17)8-13)10-19(3)15-6-7-20-11-15/h4-5,8,12,15,18H,6-7,9-11H2,1-3H3. The van der Waals surface area contributed by atoms with Gasteiger partial charge in [0.15, 0.2) is 0 Å². The minimum Gasteiger partial charge on any atom is -0.310 e. The number of benzene rings is 1. The molecule has 1 aliphatic heterocycles. The fourth-order valence-corrected chi connectivity index (χ4v) is 4.27. The Balaban J connectivity index is 1.94. The molecule has 1 heterocycles. The maximum absolute atomic E-state index is 3.73. The van der Waals surface area contributed by atoms with Gasteiger partial charge in [0.05, 0.1) is 0 Å². The molecule has 20 heavy (non-hydrogen) atoms. The summed E-state index contributed by atoms with van der Waals surface area (Å²) in [5.41, 5.74) is 2.73. The zero-order valence-corrected chi connectivity index (χ0v) is 15.1. The predicted molar refractivity (Wildman–Crippen MR) is 93.3 cm³/mol. The molecular formula is C16H25BrN2S. The minimum atomic E-state index is 0.527. The molecule has 1 saturated heterocycles. The first-order chi connectivity index (χ1) is 9.56. The summed E-state index contributed by atoms with van der Waals surface area (Å²) in [6, 6.07) is 8.03. The van der Waals surface area contributed by atoms with Gasteiger partial charge in [-0.3, -0.25) is 4.90 Å². The van der Waals surface area contributed by atoms with E-state index in [1.807, 2.05) is 0 Å². The summed E-state index contributed by atoms with van der Waals surface area (Å²) in [7, 11) is 2.25. The van der Waals surface area contributed by atoms with E-state index in [0.717, 1.165) is 19.1 Å². The van der Waals surface area contributed by atoms with Gasteiger partial charge in [-0.2, -0.15) is 11.8 Å². The van der Waals surface area contributed by atoms with Gasteiger partial charge in [-0.15, -0.1) is 0 Å². The van der Waals surface area contributed by atoms with Crippen LogP contribution in [0.2, 0.25) is 0 Å². The van der Waals surface area contributed by atoms with Crippen LogP contribution in [0.3, 0.4) is 0 Å². The molecule has 1 aromatic carbocycles. The van der Waals surface area contributed by atoms with Crippen LogP contribution in [0.4, 0.5) is 0 Å². The van der Waals surface area contributed by atoms with Crippen molar-refractivity contribution < 1.29 is 0 Å². The highest BCUT2D eigenvalue weighted by molar-refractivity contribution is 9.10. The Bertz CT molecular complexity index is 430. The zero-order valence-electron chi connectivity index (χ0n) is 12.7. The Kier molecular flexibility index (Phi) is 6.40. The number of nitrogens with zero attached hydrogens (tertiary/aromatic N) is 1. The number of thioether (sulfide) groups is 1. The minimum absolute atomic E-state index is 0.527.